The van der Waals surface area contributed by atoms with Crippen molar-refractivity contribution >= 4 is 29.5 Å². The minimum atomic E-state index is -1.06. The van der Waals surface area contributed by atoms with Crippen LogP contribution in [0, 0.1) is 75.9 Å². The number of ether oxygens (including phenoxy) is 7. The molecule has 0 N–H and O–H groups in total. The van der Waals surface area contributed by atoms with Gasteiger partial charge in [0.05, 0.1) is 41.6 Å². The maximum atomic E-state index is 14.3. The number of carbonyl (C=O) groups is 5. The van der Waals surface area contributed by atoms with E-state index in [9.17, 15) is 24.0 Å². The van der Waals surface area contributed by atoms with Crippen LogP contribution in [0.15, 0.2) is 91.0 Å². The summed E-state index contributed by atoms with van der Waals surface area (Å²) in [4.78, 5) is 68.6. The summed E-state index contributed by atoms with van der Waals surface area (Å²) >= 11 is 0. The predicted octanol–water partition coefficient (Wildman–Crippen LogP) is 12.6. The first-order chi connectivity index (χ1) is 36.9. The highest BCUT2D eigenvalue weighted by Gasteiger charge is 2.64. The second kappa shape index (κ2) is 24.3. The lowest BCUT2D eigenvalue weighted by molar-refractivity contribution is -0.284. The van der Waals surface area contributed by atoms with Gasteiger partial charge in [-0.1, -0.05) is 117 Å². The molecule has 2 aliphatic heterocycles. The fourth-order valence-corrected chi connectivity index (χ4v) is 15.5. The van der Waals surface area contributed by atoms with Gasteiger partial charge < -0.3 is 33.2 Å². The minimum absolute atomic E-state index is 0.0704. The number of Topliss-reactive ketones (excluding diaryl/α,β-unsaturated/α-hetero) is 2. The first-order valence-corrected chi connectivity index (χ1v) is 29.3. The smallest absolute Gasteiger partial charge is 0.338 e. The lowest BCUT2D eigenvalue weighted by atomic mass is 9.44. The normalized spacial score (nSPS) is 37.5. The van der Waals surface area contributed by atoms with Crippen molar-refractivity contribution in [3.05, 3.63) is 108 Å². The van der Waals surface area contributed by atoms with Crippen LogP contribution in [0.4, 0.5) is 0 Å². The van der Waals surface area contributed by atoms with Crippen molar-refractivity contribution in [2.75, 3.05) is 13.2 Å². The van der Waals surface area contributed by atoms with Gasteiger partial charge in [0.1, 0.15) is 24.3 Å². The molecule has 0 amide bonds. The summed E-state index contributed by atoms with van der Waals surface area (Å²) in [6.07, 6.45) is 5.57. The van der Waals surface area contributed by atoms with Gasteiger partial charge in [0, 0.05) is 36.5 Å². The summed E-state index contributed by atoms with van der Waals surface area (Å²) in [5.41, 5.74) is 1.22. The second-order valence-corrected chi connectivity index (χ2v) is 25.0. The van der Waals surface area contributed by atoms with Crippen LogP contribution in [0.3, 0.4) is 0 Å². The Morgan fingerprint density at radius 3 is 1.86 bits per heavy atom. The van der Waals surface area contributed by atoms with Crippen LogP contribution in [-0.2, 0) is 42.7 Å². The zero-order chi connectivity index (χ0) is 54.8. The van der Waals surface area contributed by atoms with Crippen molar-refractivity contribution in [2.45, 2.75) is 176 Å². The molecule has 2 heterocycles. The third-order valence-electron chi connectivity index (χ3n) is 20.6. The zero-order valence-corrected chi connectivity index (χ0v) is 47.1. The number of carbonyl (C=O) groups excluding carboxylic acids is 5. The van der Waals surface area contributed by atoms with Crippen molar-refractivity contribution in [2.24, 2.45) is 75.9 Å². The summed E-state index contributed by atoms with van der Waals surface area (Å²) in [5.74, 6) is 0.395. The highest BCUT2D eigenvalue weighted by atomic mass is 16.7. The Bertz CT molecular complexity index is 2500. The van der Waals surface area contributed by atoms with E-state index in [0.29, 0.717) is 66.0 Å². The Kier molecular flexibility index (Phi) is 18.0. The second-order valence-electron chi connectivity index (χ2n) is 25.0. The number of esters is 3. The Morgan fingerprint density at radius 2 is 1.23 bits per heavy atom. The molecule has 2 saturated heterocycles. The van der Waals surface area contributed by atoms with Gasteiger partial charge in [-0.25, -0.2) is 14.4 Å². The van der Waals surface area contributed by atoms with E-state index >= 15 is 0 Å². The molecule has 12 nitrogen and oxygen atoms in total. The van der Waals surface area contributed by atoms with Gasteiger partial charge in [0.25, 0.3) is 0 Å². The molecule has 6 aliphatic rings. The summed E-state index contributed by atoms with van der Waals surface area (Å²) < 4.78 is 44.7. The zero-order valence-electron chi connectivity index (χ0n) is 47.1. The molecule has 418 valence electrons. The minimum Gasteiger partial charge on any atom is -0.459 e. The van der Waals surface area contributed by atoms with Gasteiger partial charge in [-0.2, -0.15) is 0 Å². The first kappa shape index (κ1) is 57.0. The van der Waals surface area contributed by atoms with Crippen molar-refractivity contribution in [1.82, 2.24) is 0 Å². The molecule has 12 heteroatoms. The van der Waals surface area contributed by atoms with E-state index in [1.807, 2.05) is 58.0 Å². The SMILES string of the molecule is CCC1O[C@@H](OC[C@@H](C)CCC(=O)[C@@H](C)C2C(=O)CC3C4CCC5CC(O[C@@H]6OC(COC(=O)c7ccccc7)[C@H](C)[C@H](C)C6C)CCC5(C)C4CCC32C)C(OC(=O)c2ccccc2)[C@@H](OC(=O)c2ccccc2)[C@@H]1C. The molecule has 20 atom stereocenters. The van der Waals surface area contributed by atoms with Gasteiger partial charge in [-0.3, -0.25) is 9.59 Å². The average molecular weight is 1060 g/mol. The van der Waals surface area contributed by atoms with Crippen LogP contribution in [0.1, 0.15) is 164 Å². The molecule has 0 aromatic heterocycles. The van der Waals surface area contributed by atoms with Crippen LogP contribution in [-0.4, -0.2) is 85.8 Å². The maximum Gasteiger partial charge on any atom is 0.338 e. The molecule has 0 spiro atoms. The molecule has 0 radical (unpaired) electrons. The molecule has 77 heavy (non-hydrogen) atoms. The summed E-state index contributed by atoms with van der Waals surface area (Å²) in [7, 11) is 0. The maximum absolute atomic E-state index is 14.3. The van der Waals surface area contributed by atoms with Crippen molar-refractivity contribution in [3.63, 3.8) is 0 Å². The van der Waals surface area contributed by atoms with Gasteiger partial charge in [-0.05, 0) is 146 Å². The van der Waals surface area contributed by atoms with Crippen LogP contribution in [0.5, 0.6) is 0 Å². The number of fused-ring (bicyclic) bond motifs is 5. The van der Waals surface area contributed by atoms with E-state index in [4.69, 9.17) is 33.2 Å². The van der Waals surface area contributed by atoms with Crippen LogP contribution in [0.2, 0.25) is 0 Å². The molecule has 3 aromatic carbocycles. The fraction of sp³-hybridized carbons (Fsp3) is 0.646. The Hall–Kier alpha value is -4.75. The fourth-order valence-electron chi connectivity index (χ4n) is 15.5. The first-order valence-electron chi connectivity index (χ1n) is 29.3. The quantitative estimate of drug-likeness (QED) is 0.0678. The van der Waals surface area contributed by atoms with Crippen LogP contribution < -0.4 is 0 Å². The number of ketones is 2. The largest absolute Gasteiger partial charge is 0.459 e. The lowest BCUT2D eigenvalue weighted by Crippen LogP contribution is -2.57. The Balaban J connectivity index is 0.786. The monoisotopic (exact) mass is 1060 g/mol. The van der Waals surface area contributed by atoms with Crippen LogP contribution >= 0.6 is 0 Å². The molecule has 6 fully saturated rings. The molecular formula is C65H86O12. The van der Waals surface area contributed by atoms with E-state index in [1.165, 1.54) is 0 Å². The molecular weight excluding hydrogens is 973 g/mol. The Labute approximate surface area is 457 Å². The molecule has 12 unspecified atom stereocenters. The number of hydrogen-bond donors (Lipinski definition) is 0. The number of hydrogen-bond acceptors (Lipinski definition) is 12. The molecule has 3 aromatic rings. The third-order valence-corrected chi connectivity index (χ3v) is 20.6. The lowest BCUT2D eigenvalue weighted by Gasteiger charge is -2.61. The van der Waals surface area contributed by atoms with Gasteiger partial charge in [-0.15, -0.1) is 0 Å². The van der Waals surface area contributed by atoms with Crippen LogP contribution in [0.25, 0.3) is 0 Å². The van der Waals surface area contributed by atoms with E-state index in [2.05, 4.69) is 34.6 Å². The highest BCUT2D eigenvalue weighted by Crippen LogP contribution is 2.68. The summed E-state index contributed by atoms with van der Waals surface area (Å²) in [5, 5.41) is 0. The molecule has 4 saturated carbocycles. The summed E-state index contributed by atoms with van der Waals surface area (Å²) in [6, 6.07) is 26.5. The molecule has 0 bridgehead atoms. The van der Waals surface area contributed by atoms with Crippen molar-refractivity contribution < 1.29 is 57.1 Å². The molecule has 9 rings (SSSR count). The molecule has 4 aliphatic carbocycles. The third kappa shape index (κ3) is 11.9. The predicted molar refractivity (Wildman–Crippen MR) is 291 cm³/mol. The van der Waals surface area contributed by atoms with Gasteiger partial charge in [0.15, 0.2) is 18.7 Å². The van der Waals surface area contributed by atoms with E-state index in [0.717, 1.165) is 44.9 Å². The van der Waals surface area contributed by atoms with Crippen molar-refractivity contribution in [3.8, 4) is 0 Å². The topological polar surface area (TPSA) is 150 Å². The number of benzene rings is 3. The number of rotatable bonds is 18. The van der Waals surface area contributed by atoms with E-state index in [1.54, 1.807) is 60.7 Å². The highest BCUT2D eigenvalue weighted by molar-refractivity contribution is 5.92. The van der Waals surface area contributed by atoms with Gasteiger partial charge >= 0.3 is 17.9 Å². The Morgan fingerprint density at radius 1 is 0.649 bits per heavy atom. The van der Waals surface area contributed by atoms with E-state index < -0.39 is 30.4 Å². The van der Waals surface area contributed by atoms with E-state index in [-0.39, 0.29) is 108 Å². The summed E-state index contributed by atoms with van der Waals surface area (Å²) in [6.45, 7) is 19.9. The van der Waals surface area contributed by atoms with Gasteiger partial charge in [0.2, 0.25) is 0 Å². The standard InChI is InChI=1S/C65H86O12/c1-10-54-43(7)57(76-60(69)45-22-16-12-17-23-45)58(77-61(70)46-24-18-13-19-25-46)63(74-54)72-36-38(2)26-29-52(66)42(6)56-53(67)35-51-49-28-27-47-34-48(30-32-64(47,8)50(49)31-33-65(51,56)9)73-62-41(5)39(3)40(4)55(75-62)37-71-59(68)44-20-14-11-15-21-44/h11-25,38-43,47-51,54-58,62-63H,10,26-37H2,1-9H3/t38-,39-,40+,41?,42+,43+,47?,48?,49?,50?,51?,54?,55?,56?,57-,58?,62+,63+,64?,65?/m0/s1. The average Bonchev–Trinajstić information content (AvgIpc) is 3.83. The van der Waals surface area contributed by atoms with Crippen molar-refractivity contribution in [1.29, 1.82) is 0 Å².